The van der Waals surface area contributed by atoms with Crippen molar-refractivity contribution >= 4 is 22.8 Å². The number of hydrogen-bond acceptors (Lipinski definition) is 3. The Morgan fingerprint density at radius 2 is 2.11 bits per heavy atom. The molecular weight excluding hydrogens is 246 g/mol. The largest absolute Gasteiger partial charge is 0.481 e. The average molecular weight is 261 g/mol. The second kappa shape index (κ2) is 5.09. The number of amides is 1. The number of carbonyl (C=O) groups excluding carboxylic acids is 1. The summed E-state index contributed by atoms with van der Waals surface area (Å²) in [7, 11) is 1.76. The molecule has 0 saturated heterocycles. The van der Waals surface area contributed by atoms with Crippen molar-refractivity contribution in [2.45, 2.75) is 19.4 Å². The van der Waals surface area contributed by atoms with Crippen LogP contribution >= 0.6 is 0 Å². The SMILES string of the molecule is CC(CC(=O)O)NC(=O)c1nn(C)c2ccccc12. The summed E-state index contributed by atoms with van der Waals surface area (Å²) in [6.45, 7) is 1.65. The quantitative estimate of drug-likeness (QED) is 0.865. The lowest BCUT2D eigenvalue weighted by atomic mass is 10.2. The monoisotopic (exact) mass is 261 g/mol. The van der Waals surface area contributed by atoms with Gasteiger partial charge in [0.15, 0.2) is 5.69 Å². The number of nitrogens with zero attached hydrogens (tertiary/aromatic N) is 2. The molecule has 0 spiro atoms. The number of aryl methyl sites for hydroxylation is 1. The predicted molar refractivity (Wildman–Crippen MR) is 69.9 cm³/mol. The summed E-state index contributed by atoms with van der Waals surface area (Å²) in [5.74, 6) is -1.30. The molecule has 0 fully saturated rings. The molecule has 19 heavy (non-hydrogen) atoms. The van der Waals surface area contributed by atoms with E-state index in [0.717, 1.165) is 10.9 Å². The van der Waals surface area contributed by atoms with Crippen LogP contribution in [-0.2, 0) is 11.8 Å². The molecule has 6 nitrogen and oxygen atoms in total. The van der Waals surface area contributed by atoms with Crippen LogP contribution in [0.15, 0.2) is 24.3 Å². The van der Waals surface area contributed by atoms with Gasteiger partial charge in [0.05, 0.1) is 11.9 Å². The Bertz CT molecular complexity index is 633. The number of hydrogen-bond donors (Lipinski definition) is 2. The first-order chi connectivity index (χ1) is 8.99. The molecule has 1 heterocycles. The summed E-state index contributed by atoms with van der Waals surface area (Å²) >= 11 is 0. The van der Waals surface area contributed by atoms with E-state index in [2.05, 4.69) is 10.4 Å². The van der Waals surface area contributed by atoms with Gasteiger partial charge in [-0.1, -0.05) is 18.2 Å². The van der Waals surface area contributed by atoms with Crippen LogP contribution in [0.4, 0.5) is 0 Å². The lowest BCUT2D eigenvalue weighted by molar-refractivity contribution is -0.137. The van der Waals surface area contributed by atoms with Crippen LogP contribution in [0.5, 0.6) is 0 Å². The number of carbonyl (C=O) groups is 2. The Labute approximate surface area is 110 Å². The number of rotatable bonds is 4. The third kappa shape index (κ3) is 2.73. The molecule has 100 valence electrons. The smallest absolute Gasteiger partial charge is 0.305 e. The topological polar surface area (TPSA) is 84.2 Å². The summed E-state index contributed by atoms with van der Waals surface area (Å²) in [5.41, 5.74) is 1.17. The number of aromatic nitrogens is 2. The number of carboxylic acid groups (broad SMARTS) is 1. The van der Waals surface area contributed by atoms with Gasteiger partial charge in [-0.2, -0.15) is 5.10 Å². The standard InChI is InChI=1S/C13H15N3O3/c1-8(7-11(17)18)14-13(19)12-9-5-3-4-6-10(9)16(2)15-12/h3-6,8H,7H2,1-2H3,(H,14,19)(H,17,18). The van der Waals surface area contributed by atoms with Crippen molar-refractivity contribution in [2.75, 3.05) is 0 Å². The van der Waals surface area contributed by atoms with Crippen molar-refractivity contribution in [1.82, 2.24) is 15.1 Å². The molecule has 0 radical (unpaired) electrons. The van der Waals surface area contributed by atoms with Gasteiger partial charge in [-0.3, -0.25) is 14.3 Å². The van der Waals surface area contributed by atoms with Gasteiger partial charge in [-0.05, 0) is 13.0 Å². The summed E-state index contributed by atoms with van der Waals surface area (Å²) in [6, 6.07) is 6.96. The average Bonchev–Trinajstić information content (AvgIpc) is 2.66. The lowest BCUT2D eigenvalue weighted by Gasteiger charge is -2.10. The number of para-hydroxylation sites is 1. The maximum Gasteiger partial charge on any atom is 0.305 e. The van der Waals surface area contributed by atoms with Crippen molar-refractivity contribution in [3.8, 4) is 0 Å². The number of aliphatic carboxylic acids is 1. The Morgan fingerprint density at radius 1 is 1.42 bits per heavy atom. The third-order valence-corrected chi connectivity index (χ3v) is 2.83. The van der Waals surface area contributed by atoms with Crippen molar-refractivity contribution in [3.05, 3.63) is 30.0 Å². The summed E-state index contributed by atoms with van der Waals surface area (Å²) < 4.78 is 1.63. The first-order valence-corrected chi connectivity index (χ1v) is 5.93. The van der Waals surface area contributed by atoms with E-state index in [0.29, 0.717) is 5.69 Å². The minimum Gasteiger partial charge on any atom is -0.481 e. The molecule has 1 aromatic heterocycles. The van der Waals surface area contributed by atoms with Crippen molar-refractivity contribution in [2.24, 2.45) is 7.05 Å². The molecule has 1 amide bonds. The van der Waals surface area contributed by atoms with Crippen molar-refractivity contribution < 1.29 is 14.7 Å². The van der Waals surface area contributed by atoms with Crippen LogP contribution in [0.3, 0.4) is 0 Å². The van der Waals surface area contributed by atoms with E-state index in [1.54, 1.807) is 18.7 Å². The van der Waals surface area contributed by atoms with Gasteiger partial charge in [-0.15, -0.1) is 0 Å². The summed E-state index contributed by atoms with van der Waals surface area (Å²) in [5, 5.41) is 16.2. The van der Waals surface area contributed by atoms with E-state index in [-0.39, 0.29) is 12.3 Å². The Kier molecular flexibility index (Phi) is 3.50. The molecule has 6 heteroatoms. The normalized spacial score (nSPS) is 12.3. The first kappa shape index (κ1) is 13.1. The van der Waals surface area contributed by atoms with Crippen LogP contribution < -0.4 is 5.32 Å². The van der Waals surface area contributed by atoms with Crippen LogP contribution in [0.1, 0.15) is 23.8 Å². The van der Waals surface area contributed by atoms with Crippen LogP contribution in [0.2, 0.25) is 0 Å². The number of carboxylic acids is 1. The summed E-state index contributed by atoms with van der Waals surface area (Å²) in [6.07, 6.45) is -0.115. The molecule has 0 bridgehead atoms. The van der Waals surface area contributed by atoms with Gasteiger partial charge < -0.3 is 10.4 Å². The zero-order valence-corrected chi connectivity index (χ0v) is 10.8. The molecule has 0 saturated carbocycles. The molecule has 0 aliphatic rings. The molecule has 0 aliphatic carbocycles. The second-order valence-corrected chi connectivity index (χ2v) is 4.46. The van der Waals surface area contributed by atoms with Gasteiger partial charge in [0.25, 0.3) is 5.91 Å². The van der Waals surface area contributed by atoms with Gasteiger partial charge in [0.2, 0.25) is 0 Å². The molecule has 2 rings (SSSR count). The van der Waals surface area contributed by atoms with Crippen LogP contribution in [0.25, 0.3) is 10.9 Å². The fraction of sp³-hybridized carbons (Fsp3) is 0.308. The second-order valence-electron chi connectivity index (χ2n) is 4.46. The Hall–Kier alpha value is -2.37. The molecule has 2 aromatic rings. The van der Waals surface area contributed by atoms with Crippen LogP contribution in [0, 0.1) is 0 Å². The summed E-state index contributed by atoms with van der Waals surface area (Å²) in [4.78, 5) is 22.7. The Balaban J connectivity index is 2.25. The number of fused-ring (bicyclic) bond motifs is 1. The first-order valence-electron chi connectivity index (χ1n) is 5.93. The van der Waals surface area contributed by atoms with Crippen molar-refractivity contribution in [1.29, 1.82) is 0 Å². The van der Waals surface area contributed by atoms with Gasteiger partial charge in [0, 0.05) is 18.5 Å². The van der Waals surface area contributed by atoms with E-state index in [1.165, 1.54) is 0 Å². The molecule has 0 aliphatic heterocycles. The maximum absolute atomic E-state index is 12.1. The zero-order chi connectivity index (χ0) is 14.0. The van der Waals surface area contributed by atoms with Gasteiger partial charge >= 0.3 is 5.97 Å². The van der Waals surface area contributed by atoms with E-state index >= 15 is 0 Å². The minimum absolute atomic E-state index is 0.115. The van der Waals surface area contributed by atoms with Gasteiger partial charge in [0.1, 0.15) is 0 Å². The fourth-order valence-corrected chi connectivity index (χ4v) is 1.99. The molecule has 1 unspecified atom stereocenters. The Morgan fingerprint density at radius 3 is 2.79 bits per heavy atom. The maximum atomic E-state index is 12.1. The highest BCUT2D eigenvalue weighted by Crippen LogP contribution is 2.17. The van der Waals surface area contributed by atoms with E-state index < -0.39 is 12.0 Å². The van der Waals surface area contributed by atoms with E-state index in [1.807, 2.05) is 24.3 Å². The van der Waals surface area contributed by atoms with Crippen LogP contribution in [-0.4, -0.2) is 32.8 Å². The highest BCUT2D eigenvalue weighted by atomic mass is 16.4. The van der Waals surface area contributed by atoms with E-state index in [4.69, 9.17) is 5.11 Å². The molecule has 1 aromatic carbocycles. The zero-order valence-electron chi connectivity index (χ0n) is 10.8. The number of nitrogens with one attached hydrogen (secondary N) is 1. The van der Waals surface area contributed by atoms with E-state index in [9.17, 15) is 9.59 Å². The highest BCUT2D eigenvalue weighted by molar-refractivity contribution is 6.05. The third-order valence-electron chi connectivity index (χ3n) is 2.83. The molecule has 2 N–H and O–H groups in total. The lowest BCUT2D eigenvalue weighted by Crippen LogP contribution is -2.34. The molecule has 1 atom stereocenters. The minimum atomic E-state index is -0.946. The number of benzene rings is 1. The van der Waals surface area contributed by atoms with Crippen molar-refractivity contribution in [3.63, 3.8) is 0 Å². The predicted octanol–water partition coefficient (Wildman–Crippen LogP) is 1.17. The van der Waals surface area contributed by atoms with Gasteiger partial charge in [-0.25, -0.2) is 0 Å². The fourth-order valence-electron chi connectivity index (χ4n) is 1.99. The highest BCUT2D eigenvalue weighted by Gasteiger charge is 2.18. The molecular formula is C13H15N3O3.